The molecule has 4 heteroatoms. The minimum Gasteiger partial charge on any atom is -0.330 e. The van der Waals surface area contributed by atoms with Crippen molar-refractivity contribution in [2.24, 2.45) is 5.73 Å². The first-order valence-electron chi connectivity index (χ1n) is 3.95. The molecule has 0 aromatic carbocycles. The molecule has 0 bridgehead atoms. The average Bonchev–Trinajstić information content (AvgIpc) is 2.06. The monoisotopic (exact) mass is 183 g/mol. The van der Waals surface area contributed by atoms with Crippen molar-refractivity contribution in [3.05, 3.63) is 18.6 Å². The minimum atomic E-state index is 0.520. The number of thioether (sulfide) groups is 1. The Balaban J connectivity index is 2.41. The summed E-state index contributed by atoms with van der Waals surface area (Å²) in [5, 5.41) is 1.49. The molecule has 66 valence electrons. The molecule has 12 heavy (non-hydrogen) atoms. The molecule has 1 aromatic heterocycles. The fraction of sp³-hybridized carbons (Fsp3) is 0.500. The van der Waals surface area contributed by atoms with E-state index in [9.17, 15) is 0 Å². The molecule has 2 N–H and O–H groups in total. The van der Waals surface area contributed by atoms with E-state index in [2.05, 4.69) is 16.9 Å². The lowest BCUT2D eigenvalue weighted by Crippen LogP contribution is -2.07. The van der Waals surface area contributed by atoms with Crippen molar-refractivity contribution in [1.82, 2.24) is 9.97 Å². The molecule has 1 heterocycles. The van der Waals surface area contributed by atoms with Gasteiger partial charge in [-0.15, -0.1) is 11.8 Å². The van der Waals surface area contributed by atoms with Crippen LogP contribution in [0.15, 0.2) is 23.6 Å². The first kappa shape index (κ1) is 9.48. The topological polar surface area (TPSA) is 51.8 Å². The zero-order valence-corrected chi connectivity index (χ0v) is 7.92. The first-order valence-corrected chi connectivity index (χ1v) is 4.83. The van der Waals surface area contributed by atoms with E-state index in [1.807, 2.05) is 0 Å². The van der Waals surface area contributed by atoms with Gasteiger partial charge in [-0.25, -0.2) is 4.98 Å². The second-order valence-corrected chi connectivity index (χ2v) is 4.01. The van der Waals surface area contributed by atoms with Crippen LogP contribution in [0.2, 0.25) is 0 Å². The van der Waals surface area contributed by atoms with Crippen LogP contribution in [0.5, 0.6) is 0 Å². The van der Waals surface area contributed by atoms with E-state index in [-0.39, 0.29) is 0 Å². The molecular weight excluding hydrogens is 170 g/mol. The van der Waals surface area contributed by atoms with Gasteiger partial charge in [-0.1, -0.05) is 6.92 Å². The summed E-state index contributed by atoms with van der Waals surface area (Å²) in [6.07, 6.45) is 6.17. The fourth-order valence-corrected chi connectivity index (χ4v) is 1.76. The maximum Gasteiger partial charge on any atom is 0.115 e. The van der Waals surface area contributed by atoms with Gasteiger partial charge in [0, 0.05) is 17.6 Å². The second kappa shape index (κ2) is 5.11. The quantitative estimate of drug-likeness (QED) is 0.715. The van der Waals surface area contributed by atoms with Gasteiger partial charge in [0.05, 0.1) is 6.20 Å². The molecule has 1 rings (SSSR count). The third kappa shape index (κ3) is 3.19. The number of rotatable bonds is 4. The summed E-state index contributed by atoms with van der Waals surface area (Å²) in [4.78, 5) is 8.14. The Hall–Kier alpha value is -0.610. The molecule has 1 atom stereocenters. The van der Waals surface area contributed by atoms with E-state index >= 15 is 0 Å². The molecule has 1 unspecified atom stereocenters. The fourth-order valence-electron chi connectivity index (χ4n) is 0.846. The molecule has 0 aliphatic heterocycles. The predicted octanol–water partition coefficient (Wildman–Crippen LogP) is 1.31. The molecule has 0 fully saturated rings. The molecule has 0 spiro atoms. The third-order valence-electron chi connectivity index (χ3n) is 1.43. The Bertz CT molecular complexity index is 215. The summed E-state index contributed by atoms with van der Waals surface area (Å²) < 4.78 is 0. The Labute approximate surface area is 76.8 Å². The van der Waals surface area contributed by atoms with E-state index in [0.717, 1.165) is 18.0 Å². The highest BCUT2D eigenvalue weighted by Crippen LogP contribution is 2.21. The molecule has 0 saturated heterocycles. The smallest absolute Gasteiger partial charge is 0.115 e. The average molecular weight is 183 g/mol. The maximum absolute atomic E-state index is 5.43. The van der Waals surface area contributed by atoms with Crippen LogP contribution in [0.25, 0.3) is 0 Å². The molecule has 0 aliphatic rings. The Morgan fingerprint density at radius 2 is 2.42 bits per heavy atom. The van der Waals surface area contributed by atoms with Crippen LogP contribution in [0.1, 0.15) is 13.3 Å². The van der Waals surface area contributed by atoms with Gasteiger partial charge < -0.3 is 5.73 Å². The van der Waals surface area contributed by atoms with Gasteiger partial charge in [-0.3, -0.25) is 4.98 Å². The van der Waals surface area contributed by atoms with E-state index in [1.165, 1.54) is 0 Å². The minimum absolute atomic E-state index is 0.520. The van der Waals surface area contributed by atoms with Crippen LogP contribution in [0.3, 0.4) is 0 Å². The van der Waals surface area contributed by atoms with E-state index in [1.54, 1.807) is 30.4 Å². The van der Waals surface area contributed by atoms with Gasteiger partial charge in [-0.05, 0) is 13.0 Å². The van der Waals surface area contributed by atoms with E-state index < -0.39 is 0 Å². The molecule has 0 saturated carbocycles. The van der Waals surface area contributed by atoms with Gasteiger partial charge in [0.15, 0.2) is 0 Å². The molecule has 1 aromatic rings. The SMILES string of the molecule is CC(CCN)Sc1cnccn1. The normalized spacial score (nSPS) is 12.8. The summed E-state index contributed by atoms with van der Waals surface area (Å²) in [5.74, 6) is 0. The maximum atomic E-state index is 5.43. The van der Waals surface area contributed by atoms with Crippen LogP contribution < -0.4 is 5.73 Å². The number of aromatic nitrogens is 2. The Kier molecular flexibility index (Phi) is 4.04. The largest absolute Gasteiger partial charge is 0.330 e. The van der Waals surface area contributed by atoms with Gasteiger partial charge >= 0.3 is 0 Å². The van der Waals surface area contributed by atoms with Crippen LogP contribution in [-0.2, 0) is 0 Å². The molecule has 0 amide bonds. The summed E-state index contributed by atoms with van der Waals surface area (Å²) in [6.45, 7) is 2.88. The lowest BCUT2D eigenvalue weighted by atomic mass is 10.3. The predicted molar refractivity (Wildman–Crippen MR) is 51.0 cm³/mol. The van der Waals surface area contributed by atoms with Crippen molar-refractivity contribution in [2.75, 3.05) is 6.54 Å². The zero-order chi connectivity index (χ0) is 8.81. The number of nitrogens with two attached hydrogens (primary N) is 1. The van der Waals surface area contributed by atoms with Crippen LogP contribution in [0.4, 0.5) is 0 Å². The summed E-state index contributed by atoms with van der Waals surface area (Å²) >= 11 is 1.71. The molecule has 0 radical (unpaired) electrons. The van der Waals surface area contributed by atoms with E-state index in [0.29, 0.717) is 5.25 Å². The summed E-state index contributed by atoms with van der Waals surface area (Å²) in [5.41, 5.74) is 5.43. The zero-order valence-electron chi connectivity index (χ0n) is 7.10. The highest BCUT2D eigenvalue weighted by Gasteiger charge is 2.03. The van der Waals surface area contributed by atoms with E-state index in [4.69, 9.17) is 5.73 Å². The third-order valence-corrected chi connectivity index (χ3v) is 2.52. The lowest BCUT2D eigenvalue weighted by Gasteiger charge is -2.07. The summed E-state index contributed by atoms with van der Waals surface area (Å²) in [7, 11) is 0. The van der Waals surface area contributed by atoms with Crippen molar-refractivity contribution >= 4 is 11.8 Å². The molecule has 3 nitrogen and oxygen atoms in total. The summed E-state index contributed by atoms with van der Waals surface area (Å²) in [6, 6.07) is 0. The molecular formula is C8H13N3S. The highest BCUT2D eigenvalue weighted by molar-refractivity contribution is 7.99. The second-order valence-electron chi connectivity index (χ2n) is 2.55. The van der Waals surface area contributed by atoms with Crippen molar-refractivity contribution in [2.45, 2.75) is 23.6 Å². The number of hydrogen-bond donors (Lipinski definition) is 1. The standard InChI is InChI=1S/C8H13N3S/c1-7(2-3-9)12-8-6-10-4-5-11-8/h4-7H,2-3,9H2,1H3. The Morgan fingerprint density at radius 1 is 1.58 bits per heavy atom. The number of hydrogen-bond acceptors (Lipinski definition) is 4. The van der Waals surface area contributed by atoms with Gasteiger partial charge in [-0.2, -0.15) is 0 Å². The van der Waals surface area contributed by atoms with Crippen molar-refractivity contribution in [1.29, 1.82) is 0 Å². The Morgan fingerprint density at radius 3 is 3.00 bits per heavy atom. The van der Waals surface area contributed by atoms with Gasteiger partial charge in [0.25, 0.3) is 0 Å². The van der Waals surface area contributed by atoms with Crippen molar-refractivity contribution in [3.63, 3.8) is 0 Å². The van der Waals surface area contributed by atoms with Gasteiger partial charge in [0.2, 0.25) is 0 Å². The molecule has 0 aliphatic carbocycles. The highest BCUT2D eigenvalue weighted by atomic mass is 32.2. The van der Waals surface area contributed by atoms with Crippen molar-refractivity contribution in [3.8, 4) is 0 Å². The first-order chi connectivity index (χ1) is 5.83. The lowest BCUT2D eigenvalue weighted by molar-refractivity contribution is 0.820. The van der Waals surface area contributed by atoms with Crippen LogP contribution >= 0.6 is 11.8 Å². The van der Waals surface area contributed by atoms with Crippen molar-refractivity contribution < 1.29 is 0 Å². The van der Waals surface area contributed by atoms with Crippen LogP contribution in [0, 0.1) is 0 Å². The van der Waals surface area contributed by atoms with Crippen LogP contribution in [-0.4, -0.2) is 21.8 Å². The van der Waals surface area contributed by atoms with Gasteiger partial charge in [0.1, 0.15) is 5.03 Å². The number of nitrogens with zero attached hydrogens (tertiary/aromatic N) is 2.